The van der Waals surface area contributed by atoms with Crippen LogP contribution in [0.5, 0.6) is 0 Å². The molecule has 0 aliphatic heterocycles. The van der Waals surface area contributed by atoms with E-state index < -0.39 is 0 Å². The molecule has 0 saturated carbocycles. The summed E-state index contributed by atoms with van der Waals surface area (Å²) in [5.74, 6) is 6.65. The number of rotatable bonds is 4. The second-order valence-electron chi connectivity index (χ2n) is 9.10. The highest BCUT2D eigenvalue weighted by Crippen LogP contribution is 2.48. The second kappa shape index (κ2) is 9.26. The summed E-state index contributed by atoms with van der Waals surface area (Å²) in [6.07, 6.45) is 7.41. The summed E-state index contributed by atoms with van der Waals surface area (Å²) in [6, 6.07) is 11.9. The molecule has 3 atom stereocenters. The van der Waals surface area contributed by atoms with Gasteiger partial charge >= 0.3 is 0 Å². The minimum atomic E-state index is -0.248. The highest BCUT2D eigenvalue weighted by atomic mass is 19.1. The number of aromatic nitrogens is 3. The Morgan fingerprint density at radius 3 is 2.82 bits per heavy atom. The largest absolute Gasteiger partial charge is 0.343 e. The number of pyridine rings is 1. The monoisotopic (exact) mass is 454 g/mol. The Balaban J connectivity index is 1.39. The van der Waals surface area contributed by atoms with Crippen LogP contribution in [0.1, 0.15) is 56.0 Å². The maximum atomic E-state index is 13.4. The molecule has 0 radical (unpaired) electrons. The van der Waals surface area contributed by atoms with Crippen molar-refractivity contribution in [1.29, 1.82) is 0 Å². The van der Waals surface area contributed by atoms with Gasteiger partial charge in [-0.3, -0.25) is 4.79 Å². The van der Waals surface area contributed by atoms with Crippen molar-refractivity contribution in [3.63, 3.8) is 0 Å². The van der Waals surface area contributed by atoms with Crippen molar-refractivity contribution in [2.75, 3.05) is 0 Å². The molecule has 2 heterocycles. The van der Waals surface area contributed by atoms with Gasteiger partial charge in [0.15, 0.2) is 0 Å². The zero-order valence-corrected chi connectivity index (χ0v) is 19.4. The second-order valence-corrected chi connectivity index (χ2v) is 9.10. The number of hydrogen-bond acceptors (Lipinski definition) is 3. The SMILES string of the molecule is CC(=O)NC(C#Cc1ccccn1)C[C@H]1CCC2=C1[C@@H](C)c1cnn(-c3ccc(F)cc3)c1C2. The topological polar surface area (TPSA) is 59.8 Å². The number of hydrogen-bond donors (Lipinski definition) is 1. The molecule has 172 valence electrons. The van der Waals surface area contributed by atoms with Crippen molar-refractivity contribution in [3.05, 3.63) is 88.8 Å². The number of carbonyl (C=O) groups excluding carboxylic acids is 1. The van der Waals surface area contributed by atoms with E-state index in [-0.39, 0.29) is 23.7 Å². The van der Waals surface area contributed by atoms with Crippen LogP contribution in [0.2, 0.25) is 0 Å². The van der Waals surface area contributed by atoms with Crippen molar-refractivity contribution in [3.8, 4) is 17.5 Å². The Bertz CT molecular complexity index is 1300. The molecule has 2 aliphatic rings. The van der Waals surface area contributed by atoms with E-state index >= 15 is 0 Å². The number of nitrogens with one attached hydrogen (secondary N) is 1. The first-order valence-corrected chi connectivity index (χ1v) is 11.7. The van der Waals surface area contributed by atoms with Crippen molar-refractivity contribution < 1.29 is 9.18 Å². The van der Waals surface area contributed by atoms with Crippen LogP contribution in [0.3, 0.4) is 0 Å². The fourth-order valence-electron chi connectivity index (χ4n) is 5.41. The summed E-state index contributed by atoms with van der Waals surface area (Å²) >= 11 is 0. The number of halogens is 1. The molecule has 5 nitrogen and oxygen atoms in total. The number of carbonyl (C=O) groups is 1. The van der Waals surface area contributed by atoms with Crippen LogP contribution in [0.15, 0.2) is 66.0 Å². The van der Waals surface area contributed by atoms with Crippen molar-refractivity contribution >= 4 is 5.91 Å². The molecule has 2 aromatic heterocycles. The van der Waals surface area contributed by atoms with Crippen LogP contribution in [0.4, 0.5) is 4.39 Å². The quantitative estimate of drug-likeness (QED) is 0.458. The van der Waals surface area contributed by atoms with Gasteiger partial charge in [-0.15, -0.1) is 0 Å². The van der Waals surface area contributed by atoms with E-state index in [2.05, 4.69) is 34.2 Å². The third-order valence-corrected chi connectivity index (χ3v) is 6.87. The summed E-state index contributed by atoms with van der Waals surface area (Å²) < 4.78 is 15.4. The highest BCUT2D eigenvalue weighted by Gasteiger charge is 2.37. The fraction of sp³-hybridized carbons (Fsp3) is 0.321. The molecule has 1 unspecified atom stereocenters. The minimum absolute atomic E-state index is 0.0768. The Morgan fingerprint density at radius 2 is 2.09 bits per heavy atom. The summed E-state index contributed by atoms with van der Waals surface area (Å²) in [6.45, 7) is 3.78. The first kappa shape index (κ1) is 22.1. The molecule has 2 aliphatic carbocycles. The van der Waals surface area contributed by atoms with Crippen LogP contribution in [-0.2, 0) is 11.2 Å². The zero-order chi connectivity index (χ0) is 23.7. The molecular formula is C28H27FN4O. The summed E-state index contributed by atoms with van der Waals surface area (Å²) in [7, 11) is 0. The first-order valence-electron chi connectivity index (χ1n) is 11.7. The van der Waals surface area contributed by atoms with Gasteiger partial charge in [0, 0.05) is 31.0 Å². The molecule has 0 spiro atoms. The predicted molar refractivity (Wildman–Crippen MR) is 129 cm³/mol. The van der Waals surface area contributed by atoms with Gasteiger partial charge in [0.1, 0.15) is 11.5 Å². The molecule has 3 aromatic rings. The highest BCUT2D eigenvalue weighted by molar-refractivity contribution is 5.73. The number of nitrogens with zero attached hydrogens (tertiary/aromatic N) is 3. The molecule has 1 N–H and O–H groups in total. The van der Waals surface area contributed by atoms with E-state index in [4.69, 9.17) is 0 Å². The fourth-order valence-corrected chi connectivity index (χ4v) is 5.41. The van der Waals surface area contributed by atoms with Crippen molar-refractivity contribution in [2.45, 2.75) is 51.5 Å². The van der Waals surface area contributed by atoms with Gasteiger partial charge in [0.2, 0.25) is 5.91 Å². The van der Waals surface area contributed by atoms with Gasteiger partial charge in [-0.2, -0.15) is 5.10 Å². The van der Waals surface area contributed by atoms with E-state index in [1.165, 1.54) is 41.5 Å². The Morgan fingerprint density at radius 1 is 1.26 bits per heavy atom. The molecule has 0 fully saturated rings. The van der Waals surface area contributed by atoms with Crippen molar-refractivity contribution in [2.24, 2.45) is 5.92 Å². The van der Waals surface area contributed by atoms with Crippen LogP contribution >= 0.6 is 0 Å². The maximum absolute atomic E-state index is 13.4. The minimum Gasteiger partial charge on any atom is -0.343 e. The lowest BCUT2D eigenvalue weighted by Gasteiger charge is -2.28. The Labute approximate surface area is 199 Å². The van der Waals surface area contributed by atoms with Gasteiger partial charge in [-0.1, -0.05) is 30.1 Å². The van der Waals surface area contributed by atoms with Crippen molar-refractivity contribution in [1.82, 2.24) is 20.1 Å². The van der Waals surface area contributed by atoms with E-state index in [0.29, 0.717) is 11.6 Å². The average Bonchev–Trinajstić information content (AvgIpc) is 3.43. The lowest BCUT2D eigenvalue weighted by molar-refractivity contribution is -0.119. The standard InChI is InChI=1S/C28H27FN4O/c1-18-26-17-31-33(25-12-8-22(29)9-13-25)27(26)16-21-7-6-20(28(18)21)15-24(32-19(2)34)11-10-23-5-3-4-14-30-23/h3-5,8-9,12-14,17-18,20,24H,6-7,15-16H2,1-2H3,(H,32,34)/t18-,20+,24?/m0/s1. The van der Waals surface area contributed by atoms with Gasteiger partial charge in [-0.05, 0) is 67.5 Å². The number of benzene rings is 1. The number of allylic oxidation sites excluding steroid dienone is 2. The van der Waals surface area contributed by atoms with Gasteiger partial charge in [0.25, 0.3) is 0 Å². The van der Waals surface area contributed by atoms with E-state index in [1.54, 1.807) is 18.3 Å². The Hall–Kier alpha value is -3.72. The van der Waals surface area contributed by atoms with Crippen LogP contribution in [0.25, 0.3) is 5.69 Å². The summed E-state index contributed by atoms with van der Waals surface area (Å²) in [5, 5.41) is 7.67. The third-order valence-electron chi connectivity index (χ3n) is 6.87. The lowest BCUT2D eigenvalue weighted by Crippen LogP contribution is -2.34. The van der Waals surface area contributed by atoms with E-state index in [9.17, 15) is 9.18 Å². The average molecular weight is 455 g/mol. The van der Waals surface area contributed by atoms with Crippen LogP contribution in [-0.4, -0.2) is 26.7 Å². The summed E-state index contributed by atoms with van der Waals surface area (Å²) in [4.78, 5) is 16.1. The lowest BCUT2D eigenvalue weighted by atomic mass is 9.78. The molecule has 6 heteroatoms. The molecule has 5 rings (SSSR count). The predicted octanol–water partition coefficient (Wildman–Crippen LogP) is 4.72. The third kappa shape index (κ3) is 4.38. The van der Waals surface area contributed by atoms with E-state index in [0.717, 1.165) is 31.4 Å². The molecule has 1 aromatic carbocycles. The Kier molecular flexibility index (Phi) is 6.02. The molecule has 0 bridgehead atoms. The van der Waals surface area contributed by atoms with E-state index in [1.807, 2.05) is 29.1 Å². The van der Waals surface area contributed by atoms with Crippen LogP contribution < -0.4 is 5.32 Å². The number of amides is 1. The number of fused-ring (bicyclic) bond motifs is 1. The molecule has 1 amide bonds. The van der Waals surface area contributed by atoms with Gasteiger partial charge in [0.05, 0.1) is 23.6 Å². The van der Waals surface area contributed by atoms with Gasteiger partial charge < -0.3 is 5.32 Å². The molecule has 0 saturated heterocycles. The smallest absolute Gasteiger partial charge is 0.217 e. The normalized spacial score (nSPS) is 19.6. The zero-order valence-electron chi connectivity index (χ0n) is 19.4. The maximum Gasteiger partial charge on any atom is 0.217 e. The summed E-state index contributed by atoms with van der Waals surface area (Å²) in [5.41, 5.74) is 6.93. The van der Waals surface area contributed by atoms with Crippen LogP contribution in [0, 0.1) is 23.6 Å². The first-order chi connectivity index (χ1) is 16.5. The molecule has 34 heavy (non-hydrogen) atoms. The van der Waals surface area contributed by atoms with Gasteiger partial charge in [-0.25, -0.2) is 14.1 Å². The molecular weight excluding hydrogens is 427 g/mol.